The lowest BCUT2D eigenvalue weighted by molar-refractivity contribution is 0.0728. The second kappa shape index (κ2) is 11.4. The molecule has 0 radical (unpaired) electrons. The molecule has 3 aromatic carbocycles. The van der Waals surface area contributed by atoms with Gasteiger partial charge in [-0.3, -0.25) is 4.79 Å². The second-order valence-corrected chi connectivity index (χ2v) is 6.69. The van der Waals surface area contributed by atoms with E-state index < -0.39 is 17.7 Å². The van der Waals surface area contributed by atoms with Gasteiger partial charge in [0.05, 0.1) is 25.0 Å². The van der Waals surface area contributed by atoms with Crippen molar-refractivity contribution in [3.05, 3.63) is 89.2 Å². The third-order valence-corrected chi connectivity index (χ3v) is 4.36. The summed E-state index contributed by atoms with van der Waals surface area (Å²) in [6.07, 6.45) is 1.42. The fraction of sp³-hybridized carbons (Fsp3) is 0.160. The van der Waals surface area contributed by atoms with Gasteiger partial charge in [0.25, 0.3) is 5.91 Å². The van der Waals surface area contributed by atoms with Gasteiger partial charge in [-0.25, -0.2) is 14.6 Å². The van der Waals surface area contributed by atoms with E-state index in [1.165, 1.54) is 30.5 Å². The summed E-state index contributed by atoms with van der Waals surface area (Å²) < 4.78 is 29.4. The first-order valence-electron chi connectivity index (χ1n) is 10.3. The molecule has 0 saturated carbocycles. The van der Waals surface area contributed by atoms with Crippen molar-refractivity contribution in [1.29, 1.82) is 0 Å². The molecule has 0 atom stereocenters. The molecule has 3 rings (SSSR count). The Morgan fingerprint density at radius 3 is 2.21 bits per heavy atom. The molecule has 0 heterocycles. The molecule has 170 valence electrons. The molecule has 1 N–H and O–H groups in total. The zero-order valence-corrected chi connectivity index (χ0v) is 18.2. The van der Waals surface area contributed by atoms with Crippen LogP contribution in [0.25, 0.3) is 0 Å². The Kier molecular flexibility index (Phi) is 8.13. The van der Waals surface area contributed by atoms with E-state index in [0.717, 1.165) is 0 Å². The number of esters is 1. The summed E-state index contributed by atoms with van der Waals surface area (Å²) in [6, 6.07) is 16.6. The molecule has 3 aromatic rings. The molecule has 0 bridgehead atoms. The lowest BCUT2D eigenvalue weighted by Crippen LogP contribution is -2.17. The monoisotopic (exact) mass is 450 g/mol. The van der Waals surface area contributed by atoms with E-state index in [1.54, 1.807) is 42.5 Å². The highest BCUT2D eigenvalue weighted by atomic mass is 19.1. The quantitative estimate of drug-likeness (QED) is 0.223. The minimum Gasteiger partial charge on any atom is -0.494 e. The van der Waals surface area contributed by atoms with Crippen LogP contribution in [0.1, 0.15) is 40.1 Å². The number of benzene rings is 3. The van der Waals surface area contributed by atoms with E-state index in [-0.39, 0.29) is 11.3 Å². The van der Waals surface area contributed by atoms with Crippen molar-refractivity contribution in [1.82, 2.24) is 5.43 Å². The number of nitrogens with zero attached hydrogens (tertiary/aromatic N) is 1. The van der Waals surface area contributed by atoms with Crippen LogP contribution in [0, 0.1) is 5.82 Å². The molecule has 0 unspecified atom stereocenters. The number of hydrazone groups is 1. The van der Waals surface area contributed by atoms with Crippen molar-refractivity contribution in [3.63, 3.8) is 0 Å². The van der Waals surface area contributed by atoms with Crippen LogP contribution < -0.4 is 19.6 Å². The van der Waals surface area contributed by atoms with Crippen LogP contribution in [-0.2, 0) is 0 Å². The van der Waals surface area contributed by atoms with Gasteiger partial charge in [0, 0.05) is 5.56 Å². The van der Waals surface area contributed by atoms with Gasteiger partial charge < -0.3 is 14.2 Å². The van der Waals surface area contributed by atoms with E-state index in [1.807, 2.05) is 13.8 Å². The summed E-state index contributed by atoms with van der Waals surface area (Å²) in [5.74, 6) is -0.168. The van der Waals surface area contributed by atoms with Crippen LogP contribution in [0.3, 0.4) is 0 Å². The van der Waals surface area contributed by atoms with E-state index >= 15 is 0 Å². The lowest BCUT2D eigenvalue weighted by atomic mass is 10.2. The number of nitrogens with one attached hydrogen (secondary N) is 1. The Labute approximate surface area is 190 Å². The van der Waals surface area contributed by atoms with E-state index in [4.69, 9.17) is 14.2 Å². The average Bonchev–Trinajstić information content (AvgIpc) is 2.82. The molecule has 0 aliphatic carbocycles. The van der Waals surface area contributed by atoms with Gasteiger partial charge in [0.15, 0.2) is 11.5 Å². The summed E-state index contributed by atoms with van der Waals surface area (Å²) in [5, 5.41) is 3.91. The molecule has 0 aliphatic heterocycles. The predicted molar refractivity (Wildman–Crippen MR) is 122 cm³/mol. The van der Waals surface area contributed by atoms with Gasteiger partial charge in [0.2, 0.25) is 0 Å². The zero-order chi connectivity index (χ0) is 23.6. The van der Waals surface area contributed by atoms with Gasteiger partial charge in [-0.05, 0) is 86.1 Å². The molecular weight excluding hydrogens is 427 g/mol. The number of carbonyl (C=O) groups excluding carboxylic acids is 2. The summed E-state index contributed by atoms with van der Waals surface area (Å²) in [4.78, 5) is 24.6. The van der Waals surface area contributed by atoms with Crippen LogP contribution in [-0.4, -0.2) is 31.3 Å². The number of rotatable bonds is 9. The Balaban J connectivity index is 1.67. The molecule has 0 aromatic heterocycles. The van der Waals surface area contributed by atoms with Crippen molar-refractivity contribution in [2.45, 2.75) is 13.8 Å². The predicted octanol–water partition coefficient (Wildman–Crippen LogP) is 4.61. The number of carbonyl (C=O) groups is 2. The Bertz CT molecular complexity index is 1130. The summed E-state index contributed by atoms with van der Waals surface area (Å²) in [5.41, 5.74) is 3.63. The number of hydrogen-bond acceptors (Lipinski definition) is 6. The molecular formula is C25H23FN2O5. The zero-order valence-electron chi connectivity index (χ0n) is 18.2. The fourth-order valence-corrected chi connectivity index (χ4v) is 2.80. The maximum Gasteiger partial charge on any atom is 0.343 e. The second-order valence-electron chi connectivity index (χ2n) is 6.69. The molecule has 1 amide bonds. The van der Waals surface area contributed by atoms with Crippen LogP contribution in [0.5, 0.6) is 17.2 Å². The van der Waals surface area contributed by atoms with Crippen LogP contribution >= 0.6 is 0 Å². The van der Waals surface area contributed by atoms with Gasteiger partial charge in [-0.2, -0.15) is 5.10 Å². The van der Waals surface area contributed by atoms with E-state index in [9.17, 15) is 14.0 Å². The van der Waals surface area contributed by atoms with Crippen LogP contribution in [0.15, 0.2) is 71.8 Å². The first kappa shape index (κ1) is 23.5. The Morgan fingerprint density at radius 2 is 1.55 bits per heavy atom. The lowest BCUT2D eigenvalue weighted by Gasteiger charge is -2.11. The van der Waals surface area contributed by atoms with Gasteiger partial charge in [0.1, 0.15) is 11.6 Å². The van der Waals surface area contributed by atoms with Crippen LogP contribution in [0.2, 0.25) is 0 Å². The smallest absolute Gasteiger partial charge is 0.343 e. The third kappa shape index (κ3) is 6.64. The van der Waals surface area contributed by atoms with Gasteiger partial charge in [-0.1, -0.05) is 0 Å². The Hall–Kier alpha value is -4.20. The van der Waals surface area contributed by atoms with E-state index in [2.05, 4.69) is 10.5 Å². The SMILES string of the molecule is CCOc1ccc(C(=O)Oc2ccc(/C=N/NC(=O)c3ccc(F)cc3)cc2OCC)cc1. The highest BCUT2D eigenvalue weighted by molar-refractivity contribution is 5.95. The number of halogens is 1. The summed E-state index contributed by atoms with van der Waals surface area (Å²) in [6.45, 7) is 4.58. The Morgan fingerprint density at radius 1 is 0.879 bits per heavy atom. The molecule has 0 saturated heterocycles. The first-order valence-corrected chi connectivity index (χ1v) is 10.3. The van der Waals surface area contributed by atoms with Crippen molar-refractivity contribution in [2.24, 2.45) is 5.10 Å². The van der Waals surface area contributed by atoms with E-state index in [0.29, 0.717) is 35.8 Å². The average molecular weight is 450 g/mol. The standard InChI is InChI=1S/C25H23FN2O5/c1-3-31-21-12-8-19(9-13-21)25(30)33-22-14-5-17(15-23(22)32-4-2)16-27-28-24(29)18-6-10-20(26)11-7-18/h5-16H,3-4H2,1-2H3,(H,28,29)/b27-16+. The molecule has 8 heteroatoms. The first-order chi connectivity index (χ1) is 16.0. The minimum atomic E-state index is -0.535. The molecule has 33 heavy (non-hydrogen) atoms. The maximum absolute atomic E-state index is 13.0. The molecule has 7 nitrogen and oxygen atoms in total. The maximum atomic E-state index is 13.0. The third-order valence-electron chi connectivity index (χ3n) is 4.36. The fourth-order valence-electron chi connectivity index (χ4n) is 2.80. The number of ether oxygens (including phenoxy) is 3. The highest BCUT2D eigenvalue weighted by Crippen LogP contribution is 2.29. The normalized spacial score (nSPS) is 10.6. The van der Waals surface area contributed by atoms with Gasteiger partial charge >= 0.3 is 5.97 Å². The summed E-state index contributed by atoms with van der Waals surface area (Å²) >= 11 is 0. The largest absolute Gasteiger partial charge is 0.494 e. The highest BCUT2D eigenvalue weighted by Gasteiger charge is 2.13. The van der Waals surface area contributed by atoms with Crippen molar-refractivity contribution >= 4 is 18.1 Å². The molecule has 0 fully saturated rings. The van der Waals surface area contributed by atoms with Crippen molar-refractivity contribution in [2.75, 3.05) is 13.2 Å². The van der Waals surface area contributed by atoms with Crippen molar-refractivity contribution in [3.8, 4) is 17.2 Å². The number of hydrogen-bond donors (Lipinski definition) is 1. The molecule has 0 spiro atoms. The van der Waals surface area contributed by atoms with Crippen molar-refractivity contribution < 1.29 is 28.2 Å². The van der Waals surface area contributed by atoms with Gasteiger partial charge in [-0.15, -0.1) is 0 Å². The topological polar surface area (TPSA) is 86.2 Å². The minimum absolute atomic E-state index is 0.253. The number of amides is 1. The molecule has 0 aliphatic rings. The summed E-state index contributed by atoms with van der Waals surface area (Å²) in [7, 11) is 0. The van der Waals surface area contributed by atoms with Crippen LogP contribution in [0.4, 0.5) is 4.39 Å².